The van der Waals surface area contributed by atoms with E-state index in [4.69, 9.17) is 9.97 Å². The second-order valence-corrected chi connectivity index (χ2v) is 7.53. The van der Waals surface area contributed by atoms with Crippen LogP contribution in [0.4, 0.5) is 5.82 Å². The molecule has 1 aromatic carbocycles. The number of likely N-dealkylation sites (N-methyl/N-ethyl adjacent to an activating group) is 1. The summed E-state index contributed by atoms with van der Waals surface area (Å²) < 4.78 is 0. The van der Waals surface area contributed by atoms with E-state index >= 15 is 0 Å². The number of fused-ring (bicyclic) bond motifs is 1. The Balaban J connectivity index is 1.70. The summed E-state index contributed by atoms with van der Waals surface area (Å²) in [5.74, 6) is 1.48. The zero-order chi connectivity index (χ0) is 20.2. The van der Waals surface area contributed by atoms with E-state index in [2.05, 4.69) is 10.3 Å². The third-order valence-electron chi connectivity index (χ3n) is 5.20. The highest BCUT2D eigenvalue weighted by Crippen LogP contribution is 2.30. The van der Waals surface area contributed by atoms with Crippen LogP contribution in [0.15, 0.2) is 54.9 Å². The molecule has 148 valence electrons. The molecule has 0 saturated heterocycles. The van der Waals surface area contributed by atoms with Crippen molar-refractivity contribution in [2.45, 2.75) is 31.7 Å². The molecule has 1 N–H and O–H groups in total. The number of carbonyl (C=O) groups excluding carboxylic acids is 1. The predicted octanol–water partition coefficient (Wildman–Crippen LogP) is 3.14. The average molecular weight is 387 g/mol. The van der Waals surface area contributed by atoms with Gasteiger partial charge in [0.1, 0.15) is 11.9 Å². The average Bonchev–Trinajstić information content (AvgIpc) is 3.23. The fourth-order valence-corrected chi connectivity index (χ4v) is 3.71. The number of anilines is 1. The van der Waals surface area contributed by atoms with Crippen molar-refractivity contribution in [3.05, 3.63) is 71.7 Å². The van der Waals surface area contributed by atoms with Crippen LogP contribution in [0.25, 0.3) is 11.4 Å². The van der Waals surface area contributed by atoms with Gasteiger partial charge in [-0.05, 0) is 37.0 Å². The van der Waals surface area contributed by atoms with E-state index in [0.29, 0.717) is 12.2 Å². The Morgan fingerprint density at radius 2 is 1.83 bits per heavy atom. The van der Waals surface area contributed by atoms with Gasteiger partial charge in [0.25, 0.3) is 0 Å². The number of aryl methyl sites for hydroxylation is 1. The highest BCUT2D eigenvalue weighted by Gasteiger charge is 2.26. The Labute approximate surface area is 171 Å². The molecule has 0 bridgehead atoms. The molecule has 0 unspecified atom stereocenters. The fraction of sp³-hybridized carbons (Fsp3) is 0.304. The number of hydrogen-bond acceptors (Lipinski definition) is 5. The molecule has 1 aliphatic carbocycles. The first-order valence-corrected chi connectivity index (χ1v) is 9.93. The van der Waals surface area contributed by atoms with Crippen molar-refractivity contribution in [3.8, 4) is 11.4 Å². The number of nitrogens with one attached hydrogen (secondary N) is 1. The van der Waals surface area contributed by atoms with Crippen LogP contribution in [0.5, 0.6) is 0 Å². The van der Waals surface area contributed by atoms with Crippen molar-refractivity contribution in [1.29, 1.82) is 0 Å². The lowest BCUT2D eigenvalue weighted by atomic mass is 10.0. The predicted molar refractivity (Wildman–Crippen MR) is 114 cm³/mol. The summed E-state index contributed by atoms with van der Waals surface area (Å²) in [4.78, 5) is 28.2. The number of benzene rings is 1. The topological polar surface area (TPSA) is 71.0 Å². The molecule has 1 amide bonds. The van der Waals surface area contributed by atoms with Crippen LogP contribution in [0.2, 0.25) is 0 Å². The first-order valence-electron chi connectivity index (χ1n) is 9.93. The summed E-state index contributed by atoms with van der Waals surface area (Å²) in [6, 6.07) is 13.5. The van der Waals surface area contributed by atoms with E-state index in [9.17, 15) is 4.79 Å². The van der Waals surface area contributed by atoms with Gasteiger partial charge in [0.15, 0.2) is 5.82 Å². The van der Waals surface area contributed by atoms with E-state index in [-0.39, 0.29) is 5.91 Å². The van der Waals surface area contributed by atoms with E-state index < -0.39 is 6.04 Å². The van der Waals surface area contributed by atoms with Crippen LogP contribution >= 0.6 is 0 Å². The largest absolute Gasteiger partial charge is 0.358 e. The Morgan fingerprint density at radius 3 is 2.55 bits per heavy atom. The first kappa shape index (κ1) is 19.1. The van der Waals surface area contributed by atoms with Gasteiger partial charge >= 0.3 is 0 Å². The normalized spacial score (nSPS) is 13.6. The number of rotatable bonds is 6. The lowest BCUT2D eigenvalue weighted by Gasteiger charge is -2.23. The minimum atomic E-state index is -0.391. The lowest BCUT2D eigenvalue weighted by molar-refractivity contribution is -0.129. The number of nitrogens with zero attached hydrogens (tertiary/aromatic N) is 4. The van der Waals surface area contributed by atoms with E-state index in [0.717, 1.165) is 47.5 Å². The lowest BCUT2D eigenvalue weighted by Crippen LogP contribution is -2.41. The van der Waals surface area contributed by atoms with Crippen molar-refractivity contribution in [3.63, 3.8) is 0 Å². The minimum Gasteiger partial charge on any atom is -0.358 e. The molecule has 0 spiro atoms. The standard InChI is InChI=1S/C23H25N5O/c1-28(2)23(29)20(15-16-7-4-3-5-8-16)26-22-18-9-6-10-19(18)25-21(27-22)17-11-13-24-14-12-17/h3-5,7-8,11-14,20H,6,9-10,15H2,1-2H3,(H,25,26,27)/t20-/m1/s1. The molecule has 29 heavy (non-hydrogen) atoms. The maximum absolute atomic E-state index is 12.9. The molecule has 0 radical (unpaired) electrons. The van der Waals surface area contributed by atoms with Crippen molar-refractivity contribution in [2.24, 2.45) is 0 Å². The van der Waals surface area contributed by atoms with Crippen molar-refractivity contribution in [1.82, 2.24) is 19.9 Å². The number of pyridine rings is 1. The number of hydrogen-bond donors (Lipinski definition) is 1. The maximum Gasteiger partial charge on any atom is 0.244 e. The molecular formula is C23H25N5O. The van der Waals surface area contributed by atoms with Gasteiger partial charge in [-0.2, -0.15) is 0 Å². The van der Waals surface area contributed by atoms with E-state index in [1.807, 2.05) is 42.5 Å². The third-order valence-corrected chi connectivity index (χ3v) is 5.20. The first-order chi connectivity index (χ1) is 14.1. The second-order valence-electron chi connectivity index (χ2n) is 7.53. The molecule has 0 aliphatic heterocycles. The molecule has 6 nitrogen and oxygen atoms in total. The quantitative estimate of drug-likeness (QED) is 0.704. The zero-order valence-electron chi connectivity index (χ0n) is 16.8. The van der Waals surface area contributed by atoms with Crippen LogP contribution in [-0.2, 0) is 24.1 Å². The highest BCUT2D eigenvalue weighted by molar-refractivity contribution is 5.84. The van der Waals surface area contributed by atoms with Crippen LogP contribution in [0.3, 0.4) is 0 Å². The summed E-state index contributed by atoms with van der Waals surface area (Å²) in [5, 5.41) is 3.46. The van der Waals surface area contributed by atoms with Gasteiger partial charge in [0, 0.05) is 49.7 Å². The summed E-state index contributed by atoms with van der Waals surface area (Å²) in [5.41, 5.74) is 4.24. The summed E-state index contributed by atoms with van der Waals surface area (Å²) in [6.45, 7) is 0. The second kappa shape index (κ2) is 8.39. The fourth-order valence-electron chi connectivity index (χ4n) is 3.71. The molecule has 4 rings (SSSR count). The molecule has 1 aliphatic rings. The highest BCUT2D eigenvalue weighted by atomic mass is 16.2. The van der Waals surface area contributed by atoms with Crippen LogP contribution < -0.4 is 5.32 Å². The molecular weight excluding hydrogens is 362 g/mol. The van der Waals surface area contributed by atoms with Crippen molar-refractivity contribution in [2.75, 3.05) is 19.4 Å². The van der Waals surface area contributed by atoms with Crippen LogP contribution in [0, 0.1) is 0 Å². The Morgan fingerprint density at radius 1 is 1.07 bits per heavy atom. The van der Waals surface area contributed by atoms with Crippen LogP contribution in [0.1, 0.15) is 23.2 Å². The summed E-state index contributed by atoms with van der Waals surface area (Å²) in [7, 11) is 3.57. The monoisotopic (exact) mass is 387 g/mol. The molecule has 2 heterocycles. The smallest absolute Gasteiger partial charge is 0.244 e. The van der Waals surface area contributed by atoms with Gasteiger partial charge < -0.3 is 10.2 Å². The van der Waals surface area contributed by atoms with Gasteiger partial charge in [-0.3, -0.25) is 9.78 Å². The summed E-state index contributed by atoms with van der Waals surface area (Å²) in [6.07, 6.45) is 7.02. The molecule has 6 heteroatoms. The van der Waals surface area contributed by atoms with Crippen molar-refractivity contribution < 1.29 is 4.79 Å². The number of amides is 1. The van der Waals surface area contributed by atoms with Gasteiger partial charge in [-0.15, -0.1) is 0 Å². The Hall–Kier alpha value is -3.28. The van der Waals surface area contributed by atoms with Crippen molar-refractivity contribution >= 4 is 11.7 Å². The Kier molecular flexibility index (Phi) is 5.51. The summed E-state index contributed by atoms with van der Waals surface area (Å²) >= 11 is 0. The SMILES string of the molecule is CN(C)C(=O)[C@@H](Cc1ccccc1)Nc1nc(-c2ccncc2)nc2c1CCC2. The molecule has 0 saturated carbocycles. The molecule has 1 atom stereocenters. The van der Waals surface area contributed by atoms with E-state index in [1.165, 1.54) is 0 Å². The third kappa shape index (κ3) is 4.26. The van der Waals surface area contributed by atoms with E-state index in [1.54, 1.807) is 31.4 Å². The maximum atomic E-state index is 12.9. The molecule has 3 aromatic rings. The number of aromatic nitrogens is 3. The molecule has 0 fully saturated rings. The van der Waals surface area contributed by atoms with Gasteiger partial charge in [-0.25, -0.2) is 9.97 Å². The van der Waals surface area contributed by atoms with Gasteiger partial charge in [-0.1, -0.05) is 30.3 Å². The minimum absolute atomic E-state index is 0.0321. The molecule has 2 aromatic heterocycles. The Bertz CT molecular complexity index is 989. The number of carbonyl (C=O) groups is 1. The zero-order valence-corrected chi connectivity index (χ0v) is 16.8. The van der Waals surface area contributed by atoms with Gasteiger partial charge in [0.05, 0.1) is 0 Å². The van der Waals surface area contributed by atoms with Crippen LogP contribution in [-0.4, -0.2) is 45.9 Å². The van der Waals surface area contributed by atoms with Gasteiger partial charge in [0.2, 0.25) is 5.91 Å².